The molecule has 0 unspecified atom stereocenters. The van der Waals surface area contributed by atoms with E-state index >= 15 is 0 Å². The molecule has 0 atom stereocenters. The van der Waals surface area contributed by atoms with Crippen molar-refractivity contribution >= 4 is 45.6 Å². The number of anilines is 2. The molecule has 8 nitrogen and oxygen atoms in total. The van der Waals surface area contributed by atoms with E-state index in [1.165, 1.54) is 0 Å². The van der Waals surface area contributed by atoms with Crippen LogP contribution >= 0.6 is 12.2 Å². The van der Waals surface area contributed by atoms with Gasteiger partial charge in [0.25, 0.3) is 0 Å². The number of rotatable bonds is 6. The first-order valence-electron chi connectivity index (χ1n) is 8.64. The van der Waals surface area contributed by atoms with Crippen LogP contribution in [-0.4, -0.2) is 32.2 Å². The maximum atomic E-state index is 11.5. The number of H-pyrrole nitrogens is 1. The lowest BCUT2D eigenvalue weighted by molar-refractivity contribution is 0.100. The zero-order chi connectivity index (χ0) is 20.3. The number of para-hydroxylation sites is 1. The first-order chi connectivity index (χ1) is 13.4. The van der Waals surface area contributed by atoms with E-state index in [2.05, 4.69) is 20.6 Å². The van der Waals surface area contributed by atoms with Crippen molar-refractivity contribution in [2.75, 3.05) is 10.6 Å². The molecule has 0 spiro atoms. The topological polar surface area (TPSA) is 125 Å². The molecular weight excluding hydrogens is 378 g/mol. The van der Waals surface area contributed by atoms with E-state index in [1.54, 1.807) is 18.2 Å². The molecule has 0 radical (unpaired) electrons. The van der Waals surface area contributed by atoms with Gasteiger partial charge in [0.15, 0.2) is 5.11 Å². The third kappa shape index (κ3) is 4.38. The number of nitrogens with two attached hydrogens (primary N) is 1. The fourth-order valence-corrected chi connectivity index (χ4v) is 2.89. The molecule has 1 amide bonds. The number of nitrogens with zero attached hydrogens (tertiary/aromatic N) is 1. The molecule has 3 aromatic rings. The summed E-state index contributed by atoms with van der Waals surface area (Å²) in [6, 6.07) is 10.4. The molecule has 1 heterocycles. The zero-order valence-electron chi connectivity index (χ0n) is 15.4. The molecule has 3 rings (SSSR count). The van der Waals surface area contributed by atoms with Gasteiger partial charge in [-0.05, 0) is 56.4 Å². The number of nitrogens with one attached hydrogen (secondary N) is 3. The van der Waals surface area contributed by atoms with Crippen LogP contribution in [0.3, 0.4) is 0 Å². The number of fused-ring (bicyclic) bond motifs is 1. The molecule has 9 heteroatoms. The minimum Gasteiger partial charge on any atom is -0.489 e. The van der Waals surface area contributed by atoms with Gasteiger partial charge in [-0.25, -0.2) is 4.98 Å². The van der Waals surface area contributed by atoms with Gasteiger partial charge in [0, 0.05) is 5.56 Å². The van der Waals surface area contributed by atoms with Crippen LogP contribution in [0.15, 0.2) is 36.4 Å². The summed E-state index contributed by atoms with van der Waals surface area (Å²) < 4.78 is 5.77. The zero-order valence-corrected chi connectivity index (χ0v) is 16.3. The van der Waals surface area contributed by atoms with E-state index in [9.17, 15) is 9.90 Å². The second kappa shape index (κ2) is 8.24. The maximum Gasteiger partial charge on any atom is 0.248 e. The highest BCUT2D eigenvalue weighted by Crippen LogP contribution is 2.28. The van der Waals surface area contributed by atoms with E-state index in [0.29, 0.717) is 34.0 Å². The van der Waals surface area contributed by atoms with E-state index in [0.717, 1.165) is 5.52 Å². The van der Waals surface area contributed by atoms with Crippen LogP contribution in [0.1, 0.15) is 30.0 Å². The Morgan fingerprint density at radius 1 is 1.29 bits per heavy atom. The Bertz CT molecular complexity index is 1030. The van der Waals surface area contributed by atoms with Gasteiger partial charge in [0.2, 0.25) is 5.91 Å². The van der Waals surface area contributed by atoms with Gasteiger partial charge in [-0.2, -0.15) is 0 Å². The van der Waals surface area contributed by atoms with Crippen LogP contribution in [-0.2, 0) is 6.61 Å². The molecule has 0 bridgehead atoms. The average molecular weight is 399 g/mol. The van der Waals surface area contributed by atoms with Crippen LogP contribution in [0.25, 0.3) is 11.0 Å². The number of benzene rings is 2. The number of aromatic amines is 1. The number of thiocarbonyl (C=S) groups is 1. The van der Waals surface area contributed by atoms with Gasteiger partial charge in [0.1, 0.15) is 23.7 Å². The monoisotopic (exact) mass is 399 g/mol. The van der Waals surface area contributed by atoms with Crippen LogP contribution in [0.5, 0.6) is 5.75 Å². The second-order valence-electron chi connectivity index (χ2n) is 6.36. The van der Waals surface area contributed by atoms with Crippen molar-refractivity contribution in [3.05, 3.63) is 47.8 Å². The van der Waals surface area contributed by atoms with Crippen molar-refractivity contribution in [2.24, 2.45) is 5.73 Å². The third-order valence-electron chi connectivity index (χ3n) is 3.83. The van der Waals surface area contributed by atoms with Crippen molar-refractivity contribution in [1.82, 2.24) is 9.97 Å². The van der Waals surface area contributed by atoms with Crippen LogP contribution < -0.4 is 21.1 Å². The van der Waals surface area contributed by atoms with Crippen molar-refractivity contribution in [2.45, 2.75) is 26.6 Å². The number of hydrogen-bond acceptors (Lipinski definition) is 5. The summed E-state index contributed by atoms with van der Waals surface area (Å²) in [6.07, 6.45) is -0.0591. The van der Waals surface area contributed by atoms with Gasteiger partial charge in [0.05, 0.1) is 23.0 Å². The van der Waals surface area contributed by atoms with Gasteiger partial charge < -0.3 is 31.2 Å². The predicted molar refractivity (Wildman–Crippen MR) is 113 cm³/mol. The number of aromatic nitrogens is 2. The highest BCUT2D eigenvalue weighted by atomic mass is 32.1. The van der Waals surface area contributed by atoms with E-state index in [4.69, 9.17) is 22.7 Å². The summed E-state index contributed by atoms with van der Waals surface area (Å²) in [5.74, 6) is 0.463. The molecule has 0 saturated carbocycles. The number of aliphatic hydroxyl groups excluding tert-OH is 1. The van der Waals surface area contributed by atoms with E-state index in [1.807, 2.05) is 32.0 Å². The van der Waals surface area contributed by atoms with Crippen LogP contribution in [0, 0.1) is 0 Å². The van der Waals surface area contributed by atoms with Crippen molar-refractivity contribution in [3.63, 3.8) is 0 Å². The molecule has 6 N–H and O–H groups in total. The summed E-state index contributed by atoms with van der Waals surface area (Å²) in [6.45, 7) is 3.62. The van der Waals surface area contributed by atoms with Crippen molar-refractivity contribution in [1.29, 1.82) is 0 Å². The number of carbonyl (C=O) groups is 1. The minimum atomic E-state index is -0.546. The number of aliphatic hydroxyl groups is 1. The summed E-state index contributed by atoms with van der Waals surface area (Å²) in [5, 5.41) is 15.7. The highest BCUT2D eigenvalue weighted by molar-refractivity contribution is 7.80. The largest absolute Gasteiger partial charge is 0.489 e. The third-order valence-corrected chi connectivity index (χ3v) is 4.04. The quantitative estimate of drug-likeness (QED) is 0.404. The van der Waals surface area contributed by atoms with Crippen molar-refractivity contribution in [3.8, 4) is 5.75 Å². The lowest BCUT2D eigenvalue weighted by Gasteiger charge is -2.17. The number of imidazole rings is 1. The Kier molecular flexibility index (Phi) is 5.76. The summed E-state index contributed by atoms with van der Waals surface area (Å²) in [4.78, 5) is 18.9. The number of primary amides is 1. The first kappa shape index (κ1) is 19.6. The highest BCUT2D eigenvalue weighted by Gasteiger charge is 2.13. The summed E-state index contributed by atoms with van der Waals surface area (Å²) in [5.41, 5.74) is 8.33. The van der Waals surface area contributed by atoms with Crippen molar-refractivity contribution < 1.29 is 14.6 Å². The summed E-state index contributed by atoms with van der Waals surface area (Å²) >= 11 is 5.42. The lowest BCUT2D eigenvalue weighted by Crippen LogP contribution is -2.21. The van der Waals surface area contributed by atoms with E-state index < -0.39 is 5.91 Å². The van der Waals surface area contributed by atoms with Gasteiger partial charge >= 0.3 is 0 Å². The molecule has 0 saturated heterocycles. The Morgan fingerprint density at radius 2 is 2.04 bits per heavy atom. The Labute approximate surface area is 167 Å². The lowest BCUT2D eigenvalue weighted by atomic mass is 10.1. The molecule has 0 aliphatic carbocycles. The van der Waals surface area contributed by atoms with Crippen LogP contribution in [0.2, 0.25) is 0 Å². The van der Waals surface area contributed by atoms with Gasteiger partial charge in [-0.15, -0.1) is 0 Å². The average Bonchev–Trinajstić information content (AvgIpc) is 3.07. The molecule has 2 aromatic carbocycles. The smallest absolute Gasteiger partial charge is 0.248 e. The van der Waals surface area contributed by atoms with E-state index in [-0.39, 0.29) is 17.8 Å². The first-order valence-corrected chi connectivity index (χ1v) is 9.05. The Hall–Kier alpha value is -3.17. The fourth-order valence-electron chi connectivity index (χ4n) is 2.67. The minimum absolute atomic E-state index is 0.0591. The molecule has 146 valence electrons. The molecule has 0 fully saturated rings. The van der Waals surface area contributed by atoms with Gasteiger partial charge in [-0.1, -0.05) is 6.07 Å². The second-order valence-corrected chi connectivity index (χ2v) is 6.77. The number of carbonyl (C=O) groups excluding carboxylic acids is 1. The number of hydrogen-bond donors (Lipinski definition) is 5. The van der Waals surface area contributed by atoms with Gasteiger partial charge in [-0.3, -0.25) is 4.79 Å². The molecule has 1 aromatic heterocycles. The standard InChI is InChI=1S/C19H21N5O3S/c1-10(2)27-15-7-6-11(18(20)26)8-14(15)23-19(28)22-13-5-3-4-12-17(13)24-16(9-25)21-12/h3-8,10,25H,9H2,1-2H3,(H2,20,26)(H,21,24)(H2,22,23,28). The number of ether oxygens (including phenoxy) is 1. The Balaban J connectivity index is 1.85. The molecular formula is C19H21N5O3S. The predicted octanol–water partition coefficient (Wildman–Crippen LogP) is 2.75. The molecule has 0 aliphatic heterocycles. The maximum absolute atomic E-state index is 11.5. The van der Waals surface area contributed by atoms with Crippen LogP contribution in [0.4, 0.5) is 11.4 Å². The fraction of sp³-hybridized carbons (Fsp3) is 0.211. The Morgan fingerprint density at radius 3 is 2.71 bits per heavy atom. The molecule has 0 aliphatic rings. The normalized spacial score (nSPS) is 10.9. The SMILES string of the molecule is CC(C)Oc1ccc(C(N)=O)cc1NC(=S)Nc1cccc2[nH]c(CO)nc12. The number of amides is 1. The molecule has 28 heavy (non-hydrogen) atoms. The summed E-state index contributed by atoms with van der Waals surface area (Å²) in [7, 11) is 0.